The molecule has 0 aromatic carbocycles. The molecule has 0 bridgehead atoms. The largest absolute Gasteiger partial charge is 0.330 e. The molecule has 0 radical (unpaired) electrons. The van der Waals surface area contributed by atoms with E-state index in [2.05, 4.69) is 6.92 Å². The van der Waals surface area contributed by atoms with Crippen LogP contribution in [0, 0.1) is 28.6 Å². The Hall–Kier alpha value is -1.59. The van der Waals surface area contributed by atoms with Crippen LogP contribution in [0.4, 0.5) is 0 Å². The first-order valence-electron chi connectivity index (χ1n) is 5.91. The van der Waals surface area contributed by atoms with Crippen molar-refractivity contribution < 1.29 is 4.79 Å². The summed E-state index contributed by atoms with van der Waals surface area (Å²) in [4.78, 5) is 13.0. The highest BCUT2D eigenvalue weighted by Crippen LogP contribution is 2.15. The zero-order valence-electron chi connectivity index (χ0n) is 10.4. The SMILES string of the molecule is CCC(CCN)CCC(=O)N(CC#N)CC#N. The summed E-state index contributed by atoms with van der Waals surface area (Å²) in [6.45, 7) is 2.68. The van der Waals surface area contributed by atoms with Gasteiger partial charge < -0.3 is 10.6 Å². The lowest BCUT2D eigenvalue weighted by Gasteiger charge is -2.18. The molecule has 5 heteroatoms. The van der Waals surface area contributed by atoms with Gasteiger partial charge in [-0.3, -0.25) is 4.79 Å². The summed E-state index contributed by atoms with van der Waals surface area (Å²) in [6, 6.07) is 3.79. The number of carbonyl (C=O) groups excluding carboxylic acids is 1. The smallest absolute Gasteiger partial charge is 0.224 e. The van der Waals surface area contributed by atoms with Crippen molar-refractivity contribution in [2.75, 3.05) is 19.6 Å². The van der Waals surface area contributed by atoms with Crippen LogP contribution < -0.4 is 5.73 Å². The van der Waals surface area contributed by atoms with E-state index in [0.29, 0.717) is 18.9 Å². The zero-order valence-corrected chi connectivity index (χ0v) is 10.4. The van der Waals surface area contributed by atoms with E-state index in [1.807, 2.05) is 12.1 Å². The molecular formula is C12H20N4O. The number of amides is 1. The van der Waals surface area contributed by atoms with E-state index in [9.17, 15) is 4.79 Å². The molecule has 0 saturated heterocycles. The maximum Gasteiger partial charge on any atom is 0.224 e. The Morgan fingerprint density at radius 1 is 1.29 bits per heavy atom. The molecule has 1 amide bonds. The molecule has 0 rings (SSSR count). The van der Waals surface area contributed by atoms with Gasteiger partial charge in [0.05, 0.1) is 12.1 Å². The van der Waals surface area contributed by atoms with Crippen molar-refractivity contribution in [3.05, 3.63) is 0 Å². The predicted octanol–water partition coefficient (Wildman–Crippen LogP) is 1.02. The fraction of sp³-hybridized carbons (Fsp3) is 0.750. The third kappa shape index (κ3) is 6.55. The highest BCUT2D eigenvalue weighted by molar-refractivity contribution is 5.76. The van der Waals surface area contributed by atoms with Gasteiger partial charge in [-0.05, 0) is 25.3 Å². The quantitative estimate of drug-likeness (QED) is 0.636. The van der Waals surface area contributed by atoms with E-state index < -0.39 is 0 Å². The third-order valence-corrected chi connectivity index (χ3v) is 2.79. The van der Waals surface area contributed by atoms with E-state index in [0.717, 1.165) is 19.3 Å². The Bertz CT molecular complexity index is 287. The number of hydrogen-bond donors (Lipinski definition) is 1. The molecule has 0 heterocycles. The molecule has 17 heavy (non-hydrogen) atoms. The molecule has 0 fully saturated rings. The van der Waals surface area contributed by atoms with Crippen LogP contribution in [0.15, 0.2) is 0 Å². The highest BCUT2D eigenvalue weighted by atomic mass is 16.2. The Kier molecular flexibility index (Phi) is 8.72. The second kappa shape index (κ2) is 9.62. The zero-order chi connectivity index (χ0) is 13.1. The fourth-order valence-electron chi connectivity index (χ4n) is 1.68. The molecule has 0 aromatic heterocycles. The Balaban J connectivity index is 4.13. The van der Waals surface area contributed by atoms with Crippen LogP contribution in [-0.4, -0.2) is 30.4 Å². The van der Waals surface area contributed by atoms with Gasteiger partial charge in [0.15, 0.2) is 0 Å². The highest BCUT2D eigenvalue weighted by Gasteiger charge is 2.14. The molecule has 1 atom stereocenters. The molecule has 2 N–H and O–H groups in total. The molecule has 0 aliphatic rings. The summed E-state index contributed by atoms with van der Waals surface area (Å²) in [5.41, 5.74) is 5.49. The maximum atomic E-state index is 11.7. The normalized spacial score (nSPS) is 11.3. The lowest BCUT2D eigenvalue weighted by molar-refractivity contribution is -0.130. The molecule has 5 nitrogen and oxygen atoms in total. The molecule has 0 spiro atoms. The number of nitrogens with two attached hydrogens (primary N) is 1. The molecule has 94 valence electrons. The van der Waals surface area contributed by atoms with Crippen molar-refractivity contribution in [1.29, 1.82) is 10.5 Å². The molecule has 0 saturated carbocycles. The summed E-state index contributed by atoms with van der Waals surface area (Å²) in [7, 11) is 0. The minimum Gasteiger partial charge on any atom is -0.330 e. The first-order chi connectivity index (χ1) is 8.19. The number of nitriles is 2. The summed E-state index contributed by atoms with van der Waals surface area (Å²) in [5, 5.41) is 17.1. The van der Waals surface area contributed by atoms with Crippen LogP contribution in [0.25, 0.3) is 0 Å². The lowest BCUT2D eigenvalue weighted by Crippen LogP contribution is -2.32. The van der Waals surface area contributed by atoms with Gasteiger partial charge in [-0.2, -0.15) is 10.5 Å². The van der Waals surface area contributed by atoms with Crippen molar-refractivity contribution in [3.8, 4) is 12.1 Å². The summed E-state index contributed by atoms with van der Waals surface area (Å²) >= 11 is 0. The Morgan fingerprint density at radius 2 is 1.88 bits per heavy atom. The van der Waals surface area contributed by atoms with Crippen molar-refractivity contribution in [2.24, 2.45) is 11.7 Å². The van der Waals surface area contributed by atoms with Crippen LogP contribution in [0.5, 0.6) is 0 Å². The molecule has 0 aliphatic carbocycles. The minimum atomic E-state index is -0.122. The topological polar surface area (TPSA) is 93.9 Å². The van der Waals surface area contributed by atoms with Crippen molar-refractivity contribution in [2.45, 2.75) is 32.6 Å². The predicted molar refractivity (Wildman–Crippen MR) is 64.5 cm³/mol. The minimum absolute atomic E-state index is 0.0138. The summed E-state index contributed by atoms with van der Waals surface area (Å²) < 4.78 is 0. The number of rotatable bonds is 8. The summed E-state index contributed by atoms with van der Waals surface area (Å²) in [5.74, 6) is 0.332. The Labute approximate surface area is 103 Å². The standard InChI is InChI=1S/C12H20N4O/c1-2-11(5-6-13)3-4-12(17)16(9-7-14)10-8-15/h11H,2-6,9-10,13H2,1H3. The van der Waals surface area contributed by atoms with Crippen LogP contribution in [0.1, 0.15) is 32.6 Å². The van der Waals surface area contributed by atoms with Crippen molar-refractivity contribution in [3.63, 3.8) is 0 Å². The summed E-state index contributed by atoms with van der Waals surface area (Å²) in [6.07, 6.45) is 3.09. The maximum absolute atomic E-state index is 11.7. The van der Waals surface area contributed by atoms with E-state index in [1.54, 1.807) is 0 Å². The van der Waals surface area contributed by atoms with Gasteiger partial charge in [0, 0.05) is 6.42 Å². The Morgan fingerprint density at radius 3 is 2.29 bits per heavy atom. The first kappa shape index (κ1) is 15.4. The van der Waals surface area contributed by atoms with Gasteiger partial charge in [0.1, 0.15) is 13.1 Å². The second-order valence-corrected chi connectivity index (χ2v) is 3.96. The van der Waals surface area contributed by atoms with Gasteiger partial charge >= 0.3 is 0 Å². The van der Waals surface area contributed by atoms with E-state index in [4.69, 9.17) is 16.3 Å². The monoisotopic (exact) mass is 236 g/mol. The molecule has 1 unspecified atom stereocenters. The molecule has 0 aliphatic heterocycles. The number of nitrogens with zero attached hydrogens (tertiary/aromatic N) is 3. The van der Waals surface area contributed by atoms with Crippen molar-refractivity contribution >= 4 is 5.91 Å². The second-order valence-electron chi connectivity index (χ2n) is 3.96. The van der Waals surface area contributed by atoms with Crippen LogP contribution in [-0.2, 0) is 4.79 Å². The lowest BCUT2D eigenvalue weighted by atomic mass is 9.96. The van der Waals surface area contributed by atoms with E-state index in [1.165, 1.54) is 4.90 Å². The molecular weight excluding hydrogens is 216 g/mol. The van der Waals surface area contributed by atoms with Crippen molar-refractivity contribution in [1.82, 2.24) is 4.90 Å². The van der Waals surface area contributed by atoms with Gasteiger partial charge in [0.25, 0.3) is 0 Å². The first-order valence-corrected chi connectivity index (χ1v) is 5.91. The van der Waals surface area contributed by atoms with Gasteiger partial charge in [-0.25, -0.2) is 0 Å². The van der Waals surface area contributed by atoms with Crippen LogP contribution in [0.3, 0.4) is 0 Å². The van der Waals surface area contributed by atoms with Crippen LogP contribution in [0.2, 0.25) is 0 Å². The van der Waals surface area contributed by atoms with E-state index >= 15 is 0 Å². The van der Waals surface area contributed by atoms with Gasteiger partial charge in [-0.1, -0.05) is 13.3 Å². The van der Waals surface area contributed by atoms with Gasteiger partial charge in [0.2, 0.25) is 5.91 Å². The fourth-order valence-corrected chi connectivity index (χ4v) is 1.68. The number of hydrogen-bond acceptors (Lipinski definition) is 4. The van der Waals surface area contributed by atoms with Gasteiger partial charge in [-0.15, -0.1) is 0 Å². The average molecular weight is 236 g/mol. The number of carbonyl (C=O) groups is 1. The third-order valence-electron chi connectivity index (χ3n) is 2.79. The van der Waals surface area contributed by atoms with E-state index in [-0.39, 0.29) is 19.0 Å². The van der Waals surface area contributed by atoms with Crippen LogP contribution >= 0.6 is 0 Å². The molecule has 0 aromatic rings. The average Bonchev–Trinajstić information content (AvgIpc) is 2.33.